The van der Waals surface area contributed by atoms with Crippen LogP contribution in [0.4, 0.5) is 0 Å². The Morgan fingerprint density at radius 3 is 2.47 bits per heavy atom. The molecule has 1 N–H and O–H groups in total. The second-order valence-corrected chi connectivity index (χ2v) is 5.68. The highest BCUT2D eigenvalue weighted by molar-refractivity contribution is 5.20. The quantitative estimate of drug-likeness (QED) is 0.851. The molecular formula is C16H23N3. The van der Waals surface area contributed by atoms with Gasteiger partial charge in [-0.15, -0.1) is 0 Å². The molecule has 1 saturated carbocycles. The van der Waals surface area contributed by atoms with Crippen LogP contribution >= 0.6 is 0 Å². The van der Waals surface area contributed by atoms with Crippen molar-refractivity contribution in [2.24, 2.45) is 0 Å². The molecule has 0 radical (unpaired) electrons. The van der Waals surface area contributed by atoms with Crippen LogP contribution in [0.3, 0.4) is 0 Å². The maximum Gasteiger partial charge on any atom is 0.0641 e. The van der Waals surface area contributed by atoms with E-state index >= 15 is 0 Å². The largest absolute Gasteiger partial charge is 0.307 e. The summed E-state index contributed by atoms with van der Waals surface area (Å²) in [6, 6.07) is 12.7. The van der Waals surface area contributed by atoms with Crippen LogP contribution in [0.5, 0.6) is 0 Å². The predicted molar refractivity (Wildman–Crippen MR) is 77.7 cm³/mol. The van der Waals surface area contributed by atoms with Crippen molar-refractivity contribution in [3.05, 3.63) is 35.9 Å². The molecule has 1 atom stereocenters. The highest BCUT2D eigenvalue weighted by Gasteiger charge is 2.39. The van der Waals surface area contributed by atoms with E-state index in [9.17, 15) is 0 Å². The minimum absolute atomic E-state index is 0.142. The van der Waals surface area contributed by atoms with Gasteiger partial charge in [0.05, 0.1) is 12.5 Å². The molecule has 1 aliphatic rings. The summed E-state index contributed by atoms with van der Waals surface area (Å²) in [6.45, 7) is 0.960. The molecule has 1 aromatic carbocycles. The summed E-state index contributed by atoms with van der Waals surface area (Å²) < 4.78 is 0. The fraction of sp³-hybridized carbons (Fsp3) is 0.562. The van der Waals surface area contributed by atoms with Crippen LogP contribution in [-0.4, -0.2) is 31.1 Å². The molecule has 0 aromatic heterocycles. The first kappa shape index (κ1) is 14.0. The first-order chi connectivity index (χ1) is 9.18. The SMILES string of the molecule is CN(C)C1(CNC(CC#N)c2ccccc2)CCC1. The number of hydrogen-bond donors (Lipinski definition) is 1. The lowest BCUT2D eigenvalue weighted by atomic mass is 9.75. The van der Waals surface area contributed by atoms with Gasteiger partial charge in [-0.25, -0.2) is 0 Å². The summed E-state index contributed by atoms with van der Waals surface area (Å²) >= 11 is 0. The third kappa shape index (κ3) is 3.15. The molecule has 102 valence electrons. The minimum atomic E-state index is 0.142. The molecule has 0 amide bonds. The molecule has 1 aromatic rings. The second-order valence-electron chi connectivity index (χ2n) is 5.68. The Morgan fingerprint density at radius 1 is 1.32 bits per heavy atom. The van der Waals surface area contributed by atoms with E-state index in [0.29, 0.717) is 12.0 Å². The normalized spacial score (nSPS) is 18.6. The van der Waals surface area contributed by atoms with Gasteiger partial charge in [0.15, 0.2) is 0 Å². The topological polar surface area (TPSA) is 39.1 Å². The van der Waals surface area contributed by atoms with E-state index in [1.165, 1.54) is 24.8 Å². The van der Waals surface area contributed by atoms with Crippen LogP contribution < -0.4 is 5.32 Å². The predicted octanol–water partition coefficient (Wildman–Crippen LogP) is 2.72. The number of rotatable bonds is 6. The van der Waals surface area contributed by atoms with Crippen molar-refractivity contribution >= 4 is 0 Å². The van der Waals surface area contributed by atoms with Crippen LogP contribution in [0.15, 0.2) is 30.3 Å². The number of nitriles is 1. The summed E-state index contributed by atoms with van der Waals surface area (Å²) in [5.41, 5.74) is 1.50. The number of nitrogens with zero attached hydrogens (tertiary/aromatic N) is 2. The van der Waals surface area contributed by atoms with Gasteiger partial charge in [-0.05, 0) is 38.9 Å². The molecule has 3 nitrogen and oxygen atoms in total. The van der Waals surface area contributed by atoms with Gasteiger partial charge in [-0.1, -0.05) is 30.3 Å². The summed E-state index contributed by atoms with van der Waals surface area (Å²) in [5, 5.41) is 12.6. The Labute approximate surface area is 116 Å². The van der Waals surface area contributed by atoms with Gasteiger partial charge in [0.1, 0.15) is 0 Å². The van der Waals surface area contributed by atoms with Crippen LogP contribution in [0.2, 0.25) is 0 Å². The first-order valence-corrected chi connectivity index (χ1v) is 7.01. The van der Waals surface area contributed by atoms with Gasteiger partial charge < -0.3 is 10.2 Å². The summed E-state index contributed by atoms with van der Waals surface area (Å²) in [4.78, 5) is 2.33. The van der Waals surface area contributed by atoms with Crippen molar-refractivity contribution in [3.8, 4) is 6.07 Å². The van der Waals surface area contributed by atoms with Crippen LogP contribution in [-0.2, 0) is 0 Å². The fourth-order valence-electron chi connectivity index (χ4n) is 2.76. The minimum Gasteiger partial charge on any atom is -0.307 e. The highest BCUT2D eigenvalue weighted by Crippen LogP contribution is 2.36. The van der Waals surface area contributed by atoms with Gasteiger partial charge in [-0.3, -0.25) is 0 Å². The van der Waals surface area contributed by atoms with Crippen LogP contribution in [0, 0.1) is 11.3 Å². The Morgan fingerprint density at radius 2 is 2.00 bits per heavy atom. The van der Waals surface area contributed by atoms with Crippen LogP contribution in [0.25, 0.3) is 0 Å². The number of likely N-dealkylation sites (N-methyl/N-ethyl adjacent to an activating group) is 1. The molecule has 0 saturated heterocycles. The molecule has 19 heavy (non-hydrogen) atoms. The van der Waals surface area contributed by atoms with Crippen LogP contribution in [0.1, 0.15) is 37.3 Å². The van der Waals surface area contributed by atoms with E-state index < -0.39 is 0 Å². The van der Waals surface area contributed by atoms with Gasteiger partial charge in [0, 0.05) is 18.1 Å². The molecule has 3 heteroatoms. The summed E-state index contributed by atoms with van der Waals surface area (Å²) in [7, 11) is 4.31. The molecule has 0 spiro atoms. The zero-order valence-electron chi connectivity index (χ0n) is 11.9. The van der Waals surface area contributed by atoms with Crippen molar-refractivity contribution in [1.29, 1.82) is 5.26 Å². The van der Waals surface area contributed by atoms with Crippen molar-refractivity contribution in [2.75, 3.05) is 20.6 Å². The van der Waals surface area contributed by atoms with E-state index in [2.05, 4.69) is 42.5 Å². The Balaban J connectivity index is 2.00. The Hall–Kier alpha value is -1.37. The number of benzene rings is 1. The zero-order chi connectivity index (χ0) is 13.7. The van der Waals surface area contributed by atoms with Gasteiger partial charge in [0.2, 0.25) is 0 Å². The van der Waals surface area contributed by atoms with E-state index in [-0.39, 0.29) is 6.04 Å². The maximum atomic E-state index is 9.01. The van der Waals surface area contributed by atoms with Crippen molar-refractivity contribution in [3.63, 3.8) is 0 Å². The highest BCUT2D eigenvalue weighted by atomic mass is 15.2. The van der Waals surface area contributed by atoms with E-state index in [1.807, 2.05) is 18.2 Å². The molecule has 0 heterocycles. The van der Waals surface area contributed by atoms with Crippen molar-refractivity contribution in [1.82, 2.24) is 10.2 Å². The average molecular weight is 257 g/mol. The van der Waals surface area contributed by atoms with Crippen molar-refractivity contribution < 1.29 is 0 Å². The first-order valence-electron chi connectivity index (χ1n) is 7.01. The summed E-state index contributed by atoms with van der Waals surface area (Å²) in [6.07, 6.45) is 4.34. The Bertz CT molecular complexity index is 429. The van der Waals surface area contributed by atoms with Crippen molar-refractivity contribution in [2.45, 2.75) is 37.3 Å². The number of hydrogen-bond acceptors (Lipinski definition) is 3. The molecular weight excluding hydrogens is 234 g/mol. The lowest BCUT2D eigenvalue weighted by molar-refractivity contribution is 0.0572. The van der Waals surface area contributed by atoms with E-state index in [0.717, 1.165) is 6.54 Å². The Kier molecular flexibility index (Phi) is 4.57. The molecule has 1 unspecified atom stereocenters. The smallest absolute Gasteiger partial charge is 0.0641 e. The fourth-order valence-corrected chi connectivity index (χ4v) is 2.76. The lowest BCUT2D eigenvalue weighted by Crippen LogP contribution is -2.56. The average Bonchev–Trinajstić information content (AvgIpc) is 2.37. The molecule has 0 bridgehead atoms. The third-order valence-corrected chi connectivity index (χ3v) is 4.41. The summed E-state index contributed by atoms with van der Waals surface area (Å²) in [5.74, 6) is 0. The second kappa shape index (κ2) is 6.18. The van der Waals surface area contributed by atoms with Gasteiger partial charge in [0.25, 0.3) is 0 Å². The van der Waals surface area contributed by atoms with Gasteiger partial charge >= 0.3 is 0 Å². The van der Waals surface area contributed by atoms with Gasteiger partial charge in [-0.2, -0.15) is 5.26 Å². The molecule has 1 aliphatic carbocycles. The molecule has 1 fully saturated rings. The zero-order valence-corrected chi connectivity index (χ0v) is 11.9. The van der Waals surface area contributed by atoms with E-state index in [1.54, 1.807) is 0 Å². The maximum absolute atomic E-state index is 9.01. The molecule has 2 rings (SSSR count). The third-order valence-electron chi connectivity index (χ3n) is 4.41. The standard InChI is InChI=1S/C16H23N3/c1-19(2)16(10-6-11-16)13-18-15(9-12-17)14-7-4-3-5-8-14/h3-5,7-8,15,18H,6,9-11,13H2,1-2H3. The molecule has 0 aliphatic heterocycles. The monoisotopic (exact) mass is 257 g/mol. The number of nitrogens with one attached hydrogen (secondary N) is 1. The van der Waals surface area contributed by atoms with E-state index in [4.69, 9.17) is 5.26 Å². The lowest BCUT2D eigenvalue weighted by Gasteiger charge is -2.48.